The van der Waals surface area contributed by atoms with Gasteiger partial charge in [0.05, 0.1) is 6.04 Å². The summed E-state index contributed by atoms with van der Waals surface area (Å²) in [7, 11) is 0. The number of nitrogens with zero attached hydrogens (tertiary/aromatic N) is 1. The van der Waals surface area contributed by atoms with E-state index < -0.39 is 0 Å². The Morgan fingerprint density at radius 3 is 2.95 bits per heavy atom. The first kappa shape index (κ1) is 16.7. The maximum atomic E-state index is 11.8. The molecule has 1 atom stereocenters. The minimum Gasteiger partial charge on any atom is -0.446 e. The molecule has 20 heavy (non-hydrogen) atoms. The Morgan fingerprint density at radius 1 is 1.55 bits per heavy atom. The number of aromatic nitrogens is 1. The lowest BCUT2D eigenvalue weighted by Crippen LogP contribution is -2.25. The molecule has 6 nitrogen and oxygen atoms in total. The van der Waals surface area contributed by atoms with Crippen molar-refractivity contribution in [3.63, 3.8) is 0 Å². The van der Waals surface area contributed by atoms with E-state index in [1.807, 2.05) is 6.92 Å². The van der Waals surface area contributed by atoms with Crippen LogP contribution in [0.25, 0.3) is 0 Å². The molecule has 0 aliphatic rings. The zero-order valence-electron chi connectivity index (χ0n) is 12.5. The fraction of sp³-hybridized carbons (Fsp3) is 0.714. The van der Waals surface area contributed by atoms with Crippen molar-refractivity contribution in [3.8, 4) is 0 Å². The van der Waals surface area contributed by atoms with E-state index in [2.05, 4.69) is 24.1 Å². The first-order valence-electron chi connectivity index (χ1n) is 7.11. The topological polar surface area (TPSA) is 90.4 Å². The highest BCUT2D eigenvalue weighted by molar-refractivity contribution is 5.91. The first-order chi connectivity index (χ1) is 9.54. The molecule has 1 aromatic heterocycles. The third-order valence-electron chi connectivity index (χ3n) is 2.75. The second kappa shape index (κ2) is 8.71. The van der Waals surface area contributed by atoms with Crippen LogP contribution in [0.15, 0.2) is 10.7 Å². The molecule has 3 N–H and O–H groups in total. The van der Waals surface area contributed by atoms with Crippen LogP contribution < -0.4 is 11.1 Å². The maximum absolute atomic E-state index is 11.8. The molecule has 0 aromatic carbocycles. The molecule has 6 heteroatoms. The molecular formula is C14H25N3O3. The van der Waals surface area contributed by atoms with Crippen molar-refractivity contribution in [2.75, 3.05) is 19.8 Å². The van der Waals surface area contributed by atoms with Gasteiger partial charge in [0.2, 0.25) is 5.89 Å². The van der Waals surface area contributed by atoms with E-state index in [0.29, 0.717) is 31.6 Å². The van der Waals surface area contributed by atoms with Crippen LogP contribution in [0.2, 0.25) is 0 Å². The number of oxazole rings is 1. The van der Waals surface area contributed by atoms with Crippen LogP contribution in [0.1, 0.15) is 56.0 Å². The van der Waals surface area contributed by atoms with Crippen molar-refractivity contribution >= 4 is 5.91 Å². The largest absolute Gasteiger partial charge is 0.446 e. The molecule has 0 fully saturated rings. The molecule has 1 aromatic rings. The van der Waals surface area contributed by atoms with Gasteiger partial charge in [-0.05, 0) is 25.7 Å². The Kier molecular flexibility index (Phi) is 7.25. The van der Waals surface area contributed by atoms with Gasteiger partial charge in [-0.15, -0.1) is 0 Å². The Balaban J connectivity index is 2.40. The minimum atomic E-state index is -0.269. The summed E-state index contributed by atoms with van der Waals surface area (Å²) in [5.74, 6) is 0.624. The monoisotopic (exact) mass is 283 g/mol. The van der Waals surface area contributed by atoms with E-state index in [-0.39, 0.29) is 17.6 Å². The molecule has 1 unspecified atom stereocenters. The van der Waals surface area contributed by atoms with E-state index in [9.17, 15) is 4.79 Å². The molecular weight excluding hydrogens is 258 g/mol. The number of hydrogen-bond donors (Lipinski definition) is 2. The molecule has 0 aliphatic carbocycles. The fourth-order valence-corrected chi connectivity index (χ4v) is 1.78. The lowest BCUT2D eigenvalue weighted by atomic mass is 10.0. The smallest absolute Gasteiger partial charge is 0.273 e. The summed E-state index contributed by atoms with van der Waals surface area (Å²) >= 11 is 0. The second-order valence-electron chi connectivity index (χ2n) is 5.11. The number of nitrogens with two attached hydrogens (primary N) is 1. The van der Waals surface area contributed by atoms with Gasteiger partial charge in [0.1, 0.15) is 6.26 Å². The summed E-state index contributed by atoms with van der Waals surface area (Å²) in [6.45, 7) is 7.98. The maximum Gasteiger partial charge on any atom is 0.273 e. The third kappa shape index (κ3) is 5.71. The number of carbonyl (C=O) groups excluding carboxylic acids is 1. The molecule has 0 aliphatic heterocycles. The van der Waals surface area contributed by atoms with Crippen molar-refractivity contribution in [1.82, 2.24) is 10.3 Å². The number of nitrogens with one attached hydrogen (secondary N) is 1. The van der Waals surface area contributed by atoms with Crippen LogP contribution in [0.5, 0.6) is 0 Å². The summed E-state index contributed by atoms with van der Waals surface area (Å²) in [5.41, 5.74) is 6.23. The predicted molar refractivity (Wildman–Crippen MR) is 76.3 cm³/mol. The third-order valence-corrected chi connectivity index (χ3v) is 2.75. The average Bonchev–Trinajstić information content (AvgIpc) is 2.87. The van der Waals surface area contributed by atoms with Crippen molar-refractivity contribution < 1.29 is 13.9 Å². The standard InChI is InChI=1S/C14H25N3O3/c1-4-19-7-5-6-16-13(18)12-9-20-14(17-12)11(15)8-10(2)3/h9-11H,4-8,15H2,1-3H3,(H,16,18). The molecule has 0 radical (unpaired) electrons. The molecule has 0 saturated carbocycles. The van der Waals surface area contributed by atoms with Crippen molar-refractivity contribution in [2.24, 2.45) is 11.7 Å². The average molecular weight is 283 g/mol. The van der Waals surface area contributed by atoms with Crippen molar-refractivity contribution in [2.45, 2.75) is 39.7 Å². The molecule has 1 heterocycles. The number of hydrogen-bond acceptors (Lipinski definition) is 5. The van der Waals surface area contributed by atoms with Gasteiger partial charge in [0.25, 0.3) is 5.91 Å². The van der Waals surface area contributed by atoms with E-state index in [0.717, 1.165) is 12.8 Å². The highest BCUT2D eigenvalue weighted by Crippen LogP contribution is 2.17. The van der Waals surface area contributed by atoms with Gasteiger partial charge in [-0.1, -0.05) is 13.8 Å². The molecule has 1 rings (SSSR count). The summed E-state index contributed by atoms with van der Waals surface area (Å²) in [6.07, 6.45) is 2.90. The molecule has 114 valence electrons. The van der Waals surface area contributed by atoms with Crippen LogP contribution in [0, 0.1) is 5.92 Å². The van der Waals surface area contributed by atoms with Crippen molar-refractivity contribution in [3.05, 3.63) is 17.8 Å². The number of carbonyl (C=O) groups is 1. The van der Waals surface area contributed by atoms with Crippen LogP contribution in [-0.4, -0.2) is 30.6 Å². The van der Waals surface area contributed by atoms with Gasteiger partial charge >= 0.3 is 0 Å². The predicted octanol–water partition coefficient (Wildman–Crippen LogP) is 1.88. The number of amides is 1. The Bertz CT molecular complexity index is 404. The zero-order valence-corrected chi connectivity index (χ0v) is 12.5. The fourth-order valence-electron chi connectivity index (χ4n) is 1.78. The van der Waals surface area contributed by atoms with E-state index in [1.165, 1.54) is 6.26 Å². The van der Waals surface area contributed by atoms with Gasteiger partial charge in [-0.25, -0.2) is 4.98 Å². The highest BCUT2D eigenvalue weighted by Gasteiger charge is 2.17. The van der Waals surface area contributed by atoms with Gasteiger partial charge in [-0.3, -0.25) is 4.79 Å². The summed E-state index contributed by atoms with van der Waals surface area (Å²) in [6, 6.07) is -0.269. The van der Waals surface area contributed by atoms with Crippen LogP contribution in [0.4, 0.5) is 0 Å². The van der Waals surface area contributed by atoms with E-state index in [1.54, 1.807) is 0 Å². The van der Waals surface area contributed by atoms with Gasteiger partial charge < -0.3 is 20.2 Å². The first-order valence-corrected chi connectivity index (χ1v) is 7.11. The van der Waals surface area contributed by atoms with Crippen LogP contribution in [-0.2, 0) is 4.74 Å². The summed E-state index contributed by atoms with van der Waals surface area (Å²) in [4.78, 5) is 16.0. The Labute approximate surface area is 120 Å². The number of ether oxygens (including phenoxy) is 1. The molecule has 1 amide bonds. The van der Waals surface area contributed by atoms with Gasteiger partial charge in [-0.2, -0.15) is 0 Å². The van der Waals surface area contributed by atoms with Gasteiger partial charge in [0, 0.05) is 19.8 Å². The SMILES string of the molecule is CCOCCCNC(=O)c1coc(C(N)CC(C)C)n1. The number of rotatable bonds is 9. The molecule has 0 spiro atoms. The normalized spacial score (nSPS) is 12.7. The quantitative estimate of drug-likeness (QED) is 0.675. The van der Waals surface area contributed by atoms with Gasteiger partial charge in [0.15, 0.2) is 5.69 Å². The molecule has 0 bridgehead atoms. The van der Waals surface area contributed by atoms with Crippen LogP contribution in [0.3, 0.4) is 0 Å². The van der Waals surface area contributed by atoms with E-state index in [4.69, 9.17) is 14.9 Å². The summed E-state index contributed by atoms with van der Waals surface area (Å²) < 4.78 is 10.5. The van der Waals surface area contributed by atoms with Crippen LogP contribution >= 0.6 is 0 Å². The van der Waals surface area contributed by atoms with Crippen molar-refractivity contribution in [1.29, 1.82) is 0 Å². The lowest BCUT2D eigenvalue weighted by molar-refractivity contribution is 0.0939. The zero-order chi connectivity index (χ0) is 15.0. The lowest BCUT2D eigenvalue weighted by Gasteiger charge is -2.09. The second-order valence-corrected chi connectivity index (χ2v) is 5.11. The Morgan fingerprint density at radius 2 is 2.30 bits per heavy atom. The Hall–Kier alpha value is -1.40. The van der Waals surface area contributed by atoms with E-state index >= 15 is 0 Å². The summed E-state index contributed by atoms with van der Waals surface area (Å²) in [5, 5.41) is 2.77. The molecule has 0 saturated heterocycles. The minimum absolute atomic E-state index is 0.242. The highest BCUT2D eigenvalue weighted by atomic mass is 16.5.